The minimum absolute atomic E-state index is 0.0209. The maximum absolute atomic E-state index is 13.4. The Kier molecular flexibility index (Phi) is 8.83. The lowest BCUT2D eigenvalue weighted by molar-refractivity contribution is -0.116. The summed E-state index contributed by atoms with van der Waals surface area (Å²) in [5.74, 6) is 0.0646. The molecule has 180 valence electrons. The zero-order chi connectivity index (χ0) is 24.9. The summed E-state index contributed by atoms with van der Waals surface area (Å²) in [5, 5.41) is 3.39. The molecule has 3 rings (SSSR count). The van der Waals surface area contributed by atoms with Crippen molar-refractivity contribution in [2.45, 2.75) is 11.4 Å². The first-order chi connectivity index (χ1) is 16.1. The number of amides is 1. The average Bonchev–Trinajstić information content (AvgIpc) is 2.81. The van der Waals surface area contributed by atoms with E-state index >= 15 is 0 Å². The van der Waals surface area contributed by atoms with E-state index in [-0.39, 0.29) is 11.4 Å². The van der Waals surface area contributed by atoms with Gasteiger partial charge in [0.05, 0.1) is 36.4 Å². The van der Waals surface area contributed by atoms with Gasteiger partial charge in [-0.1, -0.05) is 51.3 Å². The molecule has 0 aliphatic rings. The van der Waals surface area contributed by atoms with Gasteiger partial charge in [-0.25, -0.2) is 8.42 Å². The van der Waals surface area contributed by atoms with Crippen LogP contribution in [0.5, 0.6) is 11.5 Å². The fourth-order valence-electron chi connectivity index (χ4n) is 3.08. The molecule has 0 atom stereocenters. The molecule has 0 radical (unpaired) electrons. The Labute approximate surface area is 216 Å². The van der Waals surface area contributed by atoms with Crippen LogP contribution >= 0.6 is 39.1 Å². The van der Waals surface area contributed by atoms with Crippen molar-refractivity contribution < 1.29 is 22.7 Å². The number of nitrogens with one attached hydrogen (secondary N) is 1. The first kappa shape index (κ1) is 26.3. The molecule has 0 unspecified atom stereocenters. The van der Waals surface area contributed by atoms with Crippen molar-refractivity contribution in [1.82, 2.24) is 4.31 Å². The minimum atomic E-state index is -4.02. The molecule has 1 amide bonds. The van der Waals surface area contributed by atoms with E-state index in [4.69, 9.17) is 32.7 Å². The number of nitrogens with zero attached hydrogens (tertiary/aromatic N) is 1. The van der Waals surface area contributed by atoms with Crippen LogP contribution in [-0.2, 0) is 21.4 Å². The molecule has 0 saturated carbocycles. The van der Waals surface area contributed by atoms with Gasteiger partial charge >= 0.3 is 0 Å². The molecule has 0 aromatic heterocycles. The Morgan fingerprint density at radius 2 is 1.59 bits per heavy atom. The van der Waals surface area contributed by atoms with Crippen molar-refractivity contribution in [1.29, 1.82) is 0 Å². The predicted octanol–water partition coefficient (Wildman–Crippen LogP) is 5.60. The molecule has 0 aliphatic heterocycles. The van der Waals surface area contributed by atoms with Gasteiger partial charge in [0, 0.05) is 28.2 Å². The third-order valence-electron chi connectivity index (χ3n) is 4.79. The number of carbonyl (C=O) groups is 1. The summed E-state index contributed by atoms with van der Waals surface area (Å²) in [5.41, 5.74) is 1.00. The average molecular weight is 588 g/mol. The van der Waals surface area contributed by atoms with Gasteiger partial charge < -0.3 is 14.8 Å². The number of carbonyl (C=O) groups excluding carboxylic acids is 1. The molecule has 34 heavy (non-hydrogen) atoms. The molecular weight excluding hydrogens is 567 g/mol. The molecule has 0 fully saturated rings. The monoisotopic (exact) mass is 586 g/mol. The van der Waals surface area contributed by atoms with E-state index in [0.717, 1.165) is 8.78 Å². The number of benzene rings is 3. The van der Waals surface area contributed by atoms with E-state index in [1.54, 1.807) is 24.3 Å². The molecule has 0 aliphatic carbocycles. The highest BCUT2D eigenvalue weighted by molar-refractivity contribution is 9.10. The van der Waals surface area contributed by atoms with Crippen LogP contribution in [0, 0.1) is 0 Å². The highest BCUT2D eigenvalue weighted by Crippen LogP contribution is 2.36. The van der Waals surface area contributed by atoms with E-state index in [1.165, 1.54) is 50.6 Å². The van der Waals surface area contributed by atoms with E-state index in [0.29, 0.717) is 32.8 Å². The molecule has 11 heteroatoms. The Morgan fingerprint density at radius 1 is 0.971 bits per heavy atom. The third kappa shape index (κ3) is 6.43. The summed E-state index contributed by atoms with van der Waals surface area (Å²) in [4.78, 5) is 13.0. The van der Waals surface area contributed by atoms with Gasteiger partial charge in [-0.2, -0.15) is 4.31 Å². The summed E-state index contributed by atoms with van der Waals surface area (Å²) in [6.45, 7) is -0.470. The lowest BCUT2D eigenvalue weighted by atomic mass is 10.2. The highest BCUT2D eigenvalue weighted by atomic mass is 79.9. The van der Waals surface area contributed by atoms with Gasteiger partial charge in [-0.3, -0.25) is 4.79 Å². The van der Waals surface area contributed by atoms with Crippen LogP contribution in [0.2, 0.25) is 10.0 Å². The molecule has 0 spiro atoms. The second-order valence-corrected chi connectivity index (χ2v) is 10.8. The number of anilines is 1. The number of ether oxygens (including phenoxy) is 2. The number of hydrogen-bond acceptors (Lipinski definition) is 5. The number of methoxy groups -OCH3 is 2. The van der Waals surface area contributed by atoms with Gasteiger partial charge in [0.2, 0.25) is 15.9 Å². The van der Waals surface area contributed by atoms with Gasteiger partial charge in [-0.05, 0) is 42.0 Å². The van der Waals surface area contributed by atoms with Gasteiger partial charge in [-0.15, -0.1) is 0 Å². The molecule has 0 bridgehead atoms. The zero-order valence-corrected chi connectivity index (χ0v) is 22.1. The number of halogens is 3. The third-order valence-corrected chi connectivity index (χ3v) is 7.67. The predicted molar refractivity (Wildman–Crippen MR) is 136 cm³/mol. The summed E-state index contributed by atoms with van der Waals surface area (Å²) in [6, 6.07) is 15.9. The zero-order valence-electron chi connectivity index (χ0n) is 18.2. The fourth-order valence-corrected chi connectivity index (χ4v) is 5.09. The van der Waals surface area contributed by atoms with Crippen LogP contribution < -0.4 is 14.8 Å². The highest BCUT2D eigenvalue weighted by Gasteiger charge is 2.27. The quantitative estimate of drug-likeness (QED) is 0.352. The standard InChI is InChI=1S/C23H21BrCl2N2O5S/c1-32-21-12-20(22(33-2)11-19(21)26)27-23(29)14-28(13-15-3-5-16(24)6-4-15)34(30,31)18-9-7-17(25)8-10-18/h3-12H,13-14H2,1-2H3,(H,27,29). The lowest BCUT2D eigenvalue weighted by Gasteiger charge is -2.22. The Balaban J connectivity index is 1.91. The Bertz CT molecular complexity index is 1270. The maximum Gasteiger partial charge on any atom is 0.243 e. The topological polar surface area (TPSA) is 84.9 Å². The fraction of sp³-hybridized carbons (Fsp3) is 0.174. The number of rotatable bonds is 9. The van der Waals surface area contributed by atoms with E-state index in [2.05, 4.69) is 21.2 Å². The second-order valence-electron chi connectivity index (χ2n) is 7.09. The van der Waals surface area contributed by atoms with Gasteiger partial charge in [0.25, 0.3) is 0 Å². The molecule has 0 saturated heterocycles. The molecule has 7 nitrogen and oxygen atoms in total. The first-order valence-electron chi connectivity index (χ1n) is 9.85. The van der Waals surface area contributed by atoms with Gasteiger partial charge in [0.15, 0.2) is 0 Å². The van der Waals surface area contributed by atoms with Crippen molar-refractivity contribution in [3.8, 4) is 11.5 Å². The van der Waals surface area contributed by atoms with Crippen molar-refractivity contribution in [3.63, 3.8) is 0 Å². The number of sulfonamides is 1. The SMILES string of the molecule is COc1cc(NC(=O)CN(Cc2ccc(Br)cc2)S(=O)(=O)c2ccc(Cl)cc2)c(OC)cc1Cl. The first-order valence-corrected chi connectivity index (χ1v) is 12.8. The lowest BCUT2D eigenvalue weighted by Crippen LogP contribution is -2.37. The van der Waals surface area contributed by atoms with Crippen molar-refractivity contribution in [2.24, 2.45) is 0 Å². The smallest absolute Gasteiger partial charge is 0.243 e. The summed E-state index contributed by atoms with van der Waals surface area (Å²) in [6.07, 6.45) is 0. The van der Waals surface area contributed by atoms with E-state index in [9.17, 15) is 13.2 Å². The molecule has 3 aromatic rings. The number of hydrogen-bond donors (Lipinski definition) is 1. The molecular formula is C23H21BrCl2N2O5S. The second kappa shape index (κ2) is 11.4. The van der Waals surface area contributed by atoms with E-state index < -0.39 is 22.5 Å². The minimum Gasteiger partial charge on any atom is -0.495 e. The molecule has 3 aromatic carbocycles. The summed E-state index contributed by atoms with van der Waals surface area (Å²) < 4.78 is 39.2. The van der Waals surface area contributed by atoms with Gasteiger partial charge in [0.1, 0.15) is 11.5 Å². The van der Waals surface area contributed by atoms with Crippen LogP contribution in [0.1, 0.15) is 5.56 Å². The van der Waals surface area contributed by atoms with Crippen molar-refractivity contribution >= 4 is 60.7 Å². The van der Waals surface area contributed by atoms with Crippen molar-refractivity contribution in [3.05, 3.63) is 80.7 Å². The van der Waals surface area contributed by atoms with Crippen LogP contribution in [0.25, 0.3) is 0 Å². The Hall–Kier alpha value is -2.30. The Morgan fingerprint density at radius 3 is 2.18 bits per heavy atom. The summed E-state index contributed by atoms with van der Waals surface area (Å²) >= 11 is 15.4. The van der Waals surface area contributed by atoms with Crippen LogP contribution in [0.4, 0.5) is 5.69 Å². The largest absolute Gasteiger partial charge is 0.495 e. The molecule has 0 heterocycles. The van der Waals surface area contributed by atoms with E-state index in [1.807, 2.05) is 0 Å². The van der Waals surface area contributed by atoms with Crippen LogP contribution in [-0.4, -0.2) is 39.4 Å². The molecule has 1 N–H and O–H groups in total. The van der Waals surface area contributed by atoms with Crippen molar-refractivity contribution in [2.75, 3.05) is 26.1 Å². The maximum atomic E-state index is 13.4. The normalized spacial score (nSPS) is 11.4. The van der Waals surface area contributed by atoms with Crippen LogP contribution in [0.3, 0.4) is 0 Å². The van der Waals surface area contributed by atoms with Crippen LogP contribution in [0.15, 0.2) is 70.0 Å². The summed E-state index contributed by atoms with van der Waals surface area (Å²) in [7, 11) is -1.15.